The van der Waals surface area contributed by atoms with Gasteiger partial charge in [0.2, 0.25) is 5.91 Å². The lowest BCUT2D eigenvalue weighted by atomic mass is 10.2. The second-order valence-electron chi connectivity index (χ2n) is 5.53. The highest BCUT2D eigenvalue weighted by atomic mass is 32.2. The molecule has 1 amide bonds. The summed E-state index contributed by atoms with van der Waals surface area (Å²) in [7, 11) is 1.27. The Labute approximate surface area is 140 Å². The minimum absolute atomic E-state index is 0.121. The van der Waals surface area contributed by atoms with Gasteiger partial charge in [-0.2, -0.15) is 11.8 Å². The maximum Gasteiger partial charge on any atom is 0.328 e. The molecule has 0 spiro atoms. The molecule has 0 aromatic heterocycles. The Morgan fingerprint density at radius 1 is 1.43 bits per heavy atom. The van der Waals surface area contributed by atoms with Crippen molar-refractivity contribution in [3.63, 3.8) is 0 Å². The van der Waals surface area contributed by atoms with Gasteiger partial charge in [-0.3, -0.25) is 4.79 Å². The van der Waals surface area contributed by atoms with Crippen molar-refractivity contribution in [3.05, 3.63) is 35.9 Å². The van der Waals surface area contributed by atoms with Crippen LogP contribution in [0.15, 0.2) is 30.3 Å². The van der Waals surface area contributed by atoms with Crippen LogP contribution in [-0.2, 0) is 20.1 Å². The number of thioether (sulfide) groups is 1. The van der Waals surface area contributed by atoms with Crippen LogP contribution in [0.3, 0.4) is 0 Å². The molecule has 1 aromatic carbocycles. The first-order valence-corrected chi connectivity index (χ1v) is 8.62. The number of nitrogens with zero attached hydrogens (tertiary/aromatic N) is 1. The van der Waals surface area contributed by atoms with Crippen molar-refractivity contribution in [3.8, 4) is 0 Å². The molecule has 3 N–H and O–H groups in total. The second kappa shape index (κ2) is 8.33. The summed E-state index contributed by atoms with van der Waals surface area (Å²) >= 11 is 1.57. The number of carbonyl (C=O) groups excluding carboxylic acids is 2. The topological polar surface area (TPSA) is 92.9 Å². The number of amides is 1. The predicted octanol–water partition coefficient (Wildman–Crippen LogP) is 0.382. The zero-order valence-electron chi connectivity index (χ0n) is 13.1. The standard InChI is InChI=1S/C16H22N2O4S/c1-22-16(21)14-7-12(19)8-18(14)15(20)13(17)10-23-9-11-5-3-2-4-6-11/h2-6,12-14,19H,7-10,17H2,1H3. The monoisotopic (exact) mass is 338 g/mol. The molecule has 2 rings (SSSR count). The van der Waals surface area contributed by atoms with Crippen molar-refractivity contribution in [1.29, 1.82) is 0 Å². The lowest BCUT2D eigenvalue weighted by Crippen LogP contribution is -2.49. The van der Waals surface area contributed by atoms with Gasteiger partial charge < -0.3 is 20.5 Å². The molecule has 6 nitrogen and oxygen atoms in total. The third kappa shape index (κ3) is 4.70. The Morgan fingerprint density at radius 2 is 2.13 bits per heavy atom. The van der Waals surface area contributed by atoms with Gasteiger partial charge in [0.05, 0.1) is 19.3 Å². The summed E-state index contributed by atoms with van der Waals surface area (Å²) in [5, 5.41) is 9.72. The fraction of sp³-hybridized carbons (Fsp3) is 0.500. The van der Waals surface area contributed by atoms with E-state index in [1.54, 1.807) is 11.8 Å². The largest absolute Gasteiger partial charge is 0.467 e. The summed E-state index contributed by atoms with van der Waals surface area (Å²) in [6.07, 6.45) is -0.519. The highest BCUT2D eigenvalue weighted by Gasteiger charge is 2.40. The van der Waals surface area contributed by atoms with E-state index in [4.69, 9.17) is 10.5 Å². The van der Waals surface area contributed by atoms with E-state index in [0.717, 1.165) is 5.75 Å². The molecular formula is C16H22N2O4S. The van der Waals surface area contributed by atoms with E-state index in [-0.39, 0.29) is 18.9 Å². The minimum Gasteiger partial charge on any atom is -0.467 e. The molecule has 1 fully saturated rings. The number of hydrogen-bond donors (Lipinski definition) is 2. The molecule has 1 saturated heterocycles. The summed E-state index contributed by atoms with van der Waals surface area (Å²) in [4.78, 5) is 25.5. The summed E-state index contributed by atoms with van der Waals surface area (Å²) in [6.45, 7) is 0.121. The Kier molecular flexibility index (Phi) is 6.44. The van der Waals surface area contributed by atoms with Gasteiger partial charge in [0.25, 0.3) is 0 Å². The summed E-state index contributed by atoms with van der Waals surface area (Å²) in [6, 6.07) is 8.47. The fourth-order valence-corrected chi connectivity index (χ4v) is 3.52. The smallest absolute Gasteiger partial charge is 0.328 e. The number of esters is 1. The molecule has 1 aliphatic rings. The number of hydrogen-bond acceptors (Lipinski definition) is 6. The Bertz CT molecular complexity index is 540. The van der Waals surface area contributed by atoms with Crippen LogP contribution in [0.25, 0.3) is 0 Å². The van der Waals surface area contributed by atoms with E-state index in [1.165, 1.54) is 17.6 Å². The third-order valence-corrected chi connectivity index (χ3v) is 4.89. The zero-order valence-corrected chi connectivity index (χ0v) is 13.9. The molecule has 1 aliphatic heterocycles. The van der Waals surface area contributed by atoms with Crippen molar-refractivity contribution in [1.82, 2.24) is 4.90 Å². The molecule has 0 radical (unpaired) electrons. The van der Waals surface area contributed by atoms with Gasteiger partial charge in [0.15, 0.2) is 0 Å². The summed E-state index contributed by atoms with van der Waals surface area (Å²) in [5.74, 6) is 0.385. The van der Waals surface area contributed by atoms with Gasteiger partial charge >= 0.3 is 5.97 Å². The van der Waals surface area contributed by atoms with E-state index < -0.39 is 24.2 Å². The second-order valence-corrected chi connectivity index (χ2v) is 6.56. The Balaban J connectivity index is 1.87. The van der Waals surface area contributed by atoms with E-state index in [1.807, 2.05) is 30.3 Å². The first-order chi connectivity index (χ1) is 11.0. The highest BCUT2D eigenvalue weighted by molar-refractivity contribution is 7.98. The molecular weight excluding hydrogens is 316 g/mol. The normalized spacial score (nSPS) is 22.0. The number of likely N-dealkylation sites (tertiary alicyclic amines) is 1. The van der Waals surface area contributed by atoms with Crippen molar-refractivity contribution in [2.75, 3.05) is 19.4 Å². The summed E-state index contributed by atoms with van der Waals surface area (Å²) < 4.78 is 4.69. The van der Waals surface area contributed by atoms with Gasteiger partial charge in [-0.05, 0) is 5.56 Å². The number of ether oxygens (including phenoxy) is 1. The number of nitrogens with two attached hydrogens (primary N) is 1. The van der Waals surface area contributed by atoms with Crippen LogP contribution < -0.4 is 5.73 Å². The average Bonchev–Trinajstić information content (AvgIpc) is 2.96. The number of carbonyl (C=O) groups is 2. The van der Waals surface area contributed by atoms with Crippen LogP contribution in [0.2, 0.25) is 0 Å². The zero-order chi connectivity index (χ0) is 16.8. The number of benzene rings is 1. The van der Waals surface area contributed by atoms with E-state index in [2.05, 4.69) is 0 Å². The number of β-amino-alcohol motifs (C(OH)–C–C–N with tert-alkyl or cyclic N) is 1. The molecule has 0 bridgehead atoms. The maximum atomic E-state index is 12.4. The quantitative estimate of drug-likeness (QED) is 0.729. The average molecular weight is 338 g/mol. The fourth-order valence-electron chi connectivity index (χ4n) is 2.58. The van der Waals surface area contributed by atoms with E-state index >= 15 is 0 Å². The molecule has 1 heterocycles. The van der Waals surface area contributed by atoms with Crippen LogP contribution in [0.5, 0.6) is 0 Å². The van der Waals surface area contributed by atoms with Crippen molar-refractivity contribution < 1.29 is 19.4 Å². The molecule has 3 unspecified atom stereocenters. The molecule has 0 saturated carbocycles. The maximum absolute atomic E-state index is 12.4. The molecule has 7 heteroatoms. The third-order valence-electron chi connectivity index (χ3n) is 3.76. The Hall–Kier alpha value is -1.57. The van der Waals surface area contributed by atoms with Crippen LogP contribution in [-0.4, -0.2) is 59.5 Å². The van der Waals surface area contributed by atoms with Crippen molar-refractivity contribution >= 4 is 23.6 Å². The molecule has 23 heavy (non-hydrogen) atoms. The molecule has 0 aliphatic carbocycles. The lowest BCUT2D eigenvalue weighted by Gasteiger charge is -2.25. The van der Waals surface area contributed by atoms with Gasteiger partial charge in [0.1, 0.15) is 6.04 Å². The van der Waals surface area contributed by atoms with Crippen molar-refractivity contribution in [2.24, 2.45) is 5.73 Å². The lowest BCUT2D eigenvalue weighted by molar-refractivity contribution is -0.151. The highest BCUT2D eigenvalue weighted by Crippen LogP contribution is 2.21. The first kappa shape index (κ1) is 17.8. The van der Waals surface area contributed by atoms with Crippen LogP contribution in [0.4, 0.5) is 0 Å². The van der Waals surface area contributed by atoms with Crippen LogP contribution >= 0.6 is 11.8 Å². The predicted molar refractivity (Wildman–Crippen MR) is 88.7 cm³/mol. The van der Waals surface area contributed by atoms with E-state index in [0.29, 0.717) is 5.75 Å². The number of methoxy groups -OCH3 is 1. The molecule has 126 valence electrons. The van der Waals surface area contributed by atoms with Crippen LogP contribution in [0, 0.1) is 0 Å². The molecule has 1 aromatic rings. The molecule has 3 atom stereocenters. The first-order valence-electron chi connectivity index (χ1n) is 7.46. The van der Waals surface area contributed by atoms with Gasteiger partial charge in [-0.1, -0.05) is 30.3 Å². The number of aliphatic hydroxyl groups excluding tert-OH is 1. The van der Waals surface area contributed by atoms with Gasteiger partial charge in [0, 0.05) is 24.5 Å². The van der Waals surface area contributed by atoms with Crippen LogP contribution in [0.1, 0.15) is 12.0 Å². The van der Waals surface area contributed by atoms with Gasteiger partial charge in [-0.25, -0.2) is 4.79 Å². The number of rotatable bonds is 6. The number of aliphatic hydroxyl groups is 1. The van der Waals surface area contributed by atoms with Gasteiger partial charge in [-0.15, -0.1) is 0 Å². The van der Waals surface area contributed by atoms with Crippen molar-refractivity contribution in [2.45, 2.75) is 30.4 Å². The summed E-state index contributed by atoms with van der Waals surface area (Å²) in [5.41, 5.74) is 7.13. The SMILES string of the molecule is COC(=O)C1CC(O)CN1C(=O)C(N)CSCc1ccccc1. The minimum atomic E-state index is -0.743. The van der Waals surface area contributed by atoms with E-state index in [9.17, 15) is 14.7 Å². The Morgan fingerprint density at radius 3 is 2.78 bits per heavy atom.